The number of hydrogen-bond acceptors (Lipinski definition) is 6. The predicted octanol–water partition coefficient (Wildman–Crippen LogP) is 4.07. The van der Waals surface area contributed by atoms with E-state index in [1.54, 1.807) is 12.1 Å². The molecule has 5 N–H and O–H groups in total. The van der Waals surface area contributed by atoms with Crippen molar-refractivity contribution in [1.29, 1.82) is 0 Å². The number of amides is 3. The van der Waals surface area contributed by atoms with Crippen molar-refractivity contribution in [3.8, 4) is 11.1 Å². The topological polar surface area (TPSA) is 130 Å². The van der Waals surface area contributed by atoms with Crippen molar-refractivity contribution in [2.24, 2.45) is 0 Å². The number of fused-ring (bicyclic) bond motifs is 1. The van der Waals surface area contributed by atoms with Crippen LogP contribution in [0.15, 0.2) is 55.0 Å². The molecule has 4 rings (SSSR count). The molecule has 2 heterocycles. The summed E-state index contributed by atoms with van der Waals surface area (Å²) in [5.74, 6) is -1.22. The number of alkyl halides is 3. The molecule has 3 amide bonds. The number of rotatable bonds is 7. The monoisotopic (exact) mass is 544 g/mol. The van der Waals surface area contributed by atoms with E-state index in [0.717, 1.165) is 0 Å². The largest absolute Gasteiger partial charge is 0.416 e. The molecule has 2 aromatic heterocycles. The third-order valence-electron chi connectivity index (χ3n) is 5.66. The Bertz CT molecular complexity index is 1520. The van der Waals surface area contributed by atoms with Gasteiger partial charge in [-0.2, -0.15) is 18.3 Å². The molecule has 0 saturated heterocycles. The van der Waals surface area contributed by atoms with E-state index in [1.807, 2.05) is 19.0 Å². The number of benzene rings is 2. The normalized spacial score (nSPS) is 11.6. The lowest BCUT2D eigenvalue weighted by Crippen LogP contribution is -2.31. The number of nitrogens with one attached hydrogen (secondary N) is 3. The van der Waals surface area contributed by atoms with Crippen LogP contribution in [0.4, 0.5) is 39.5 Å². The number of likely N-dealkylation sites (N-methyl/N-ethyl adjacent to an activating group) is 1. The first kappa shape index (κ1) is 27.3. The van der Waals surface area contributed by atoms with Crippen LogP contribution < -0.4 is 21.7 Å². The van der Waals surface area contributed by atoms with E-state index >= 15 is 0 Å². The van der Waals surface area contributed by atoms with Crippen LogP contribution >= 0.6 is 0 Å². The van der Waals surface area contributed by atoms with Crippen molar-refractivity contribution < 1.29 is 27.2 Å². The summed E-state index contributed by atoms with van der Waals surface area (Å²) in [7, 11) is 3.76. The molecule has 0 fully saturated rings. The van der Waals surface area contributed by atoms with Gasteiger partial charge in [0.15, 0.2) is 5.82 Å². The van der Waals surface area contributed by atoms with Crippen LogP contribution in [0.1, 0.15) is 15.9 Å². The molecule has 0 aliphatic carbocycles. The fourth-order valence-electron chi connectivity index (χ4n) is 3.79. The standard InChI is InChI=1S/C25H24F4N8O2/c1-36(2)10-9-31-23(38)17-12-37-21(22(30)32-13-33-37)20(17)14-3-6-16(7-4-14)34-24(39)35-19-11-15(25(27,28)29)5-8-18(19)26/h3-8,11-13H,9-10H2,1-2H3,(H,31,38)(H2,30,32,33)(H2,34,35,39). The van der Waals surface area contributed by atoms with Crippen molar-refractivity contribution in [2.45, 2.75) is 6.18 Å². The molecule has 2 aromatic carbocycles. The molecule has 0 radical (unpaired) electrons. The van der Waals surface area contributed by atoms with Gasteiger partial charge in [-0.15, -0.1) is 0 Å². The van der Waals surface area contributed by atoms with E-state index in [9.17, 15) is 27.2 Å². The Hall–Kier alpha value is -4.72. The summed E-state index contributed by atoms with van der Waals surface area (Å²) in [6, 6.07) is 7.00. The maximum atomic E-state index is 14.0. The zero-order chi connectivity index (χ0) is 28.3. The van der Waals surface area contributed by atoms with E-state index < -0.39 is 29.3 Å². The minimum atomic E-state index is -4.70. The quantitative estimate of drug-likeness (QED) is 0.260. The molecule has 39 heavy (non-hydrogen) atoms. The molecule has 0 saturated carbocycles. The Morgan fingerprint density at radius 3 is 2.46 bits per heavy atom. The minimum absolute atomic E-state index is 0.150. The molecule has 0 aliphatic heterocycles. The molecule has 10 nitrogen and oxygen atoms in total. The average Bonchev–Trinajstić information content (AvgIpc) is 3.26. The van der Waals surface area contributed by atoms with Gasteiger partial charge in [0.25, 0.3) is 5.91 Å². The summed E-state index contributed by atoms with van der Waals surface area (Å²) in [6.45, 7) is 1.03. The van der Waals surface area contributed by atoms with Crippen LogP contribution in [0.25, 0.3) is 16.6 Å². The molecular formula is C25H24F4N8O2. The molecule has 0 bridgehead atoms. The van der Waals surface area contributed by atoms with E-state index in [2.05, 4.69) is 26.0 Å². The molecule has 0 unspecified atom stereocenters. The fraction of sp³-hybridized carbons (Fsp3) is 0.200. The Balaban J connectivity index is 1.57. The van der Waals surface area contributed by atoms with Crippen LogP contribution in [-0.4, -0.2) is 58.6 Å². The lowest BCUT2D eigenvalue weighted by atomic mass is 10.0. The Kier molecular flexibility index (Phi) is 7.67. The van der Waals surface area contributed by atoms with Crippen molar-refractivity contribution in [1.82, 2.24) is 24.8 Å². The summed E-state index contributed by atoms with van der Waals surface area (Å²) in [5, 5.41) is 11.5. The van der Waals surface area contributed by atoms with Gasteiger partial charge in [0.1, 0.15) is 17.7 Å². The number of halogens is 4. The molecule has 0 spiro atoms. The lowest BCUT2D eigenvalue weighted by molar-refractivity contribution is -0.137. The fourth-order valence-corrected chi connectivity index (χ4v) is 3.79. The number of nitrogens with two attached hydrogens (primary N) is 1. The predicted molar refractivity (Wildman–Crippen MR) is 138 cm³/mol. The number of urea groups is 1. The lowest BCUT2D eigenvalue weighted by Gasteiger charge is -2.12. The highest BCUT2D eigenvalue weighted by molar-refractivity contribution is 6.07. The van der Waals surface area contributed by atoms with Gasteiger partial charge in [-0.25, -0.2) is 18.7 Å². The van der Waals surface area contributed by atoms with E-state index in [0.29, 0.717) is 53.5 Å². The number of aromatic nitrogens is 3. The molecule has 4 aromatic rings. The highest BCUT2D eigenvalue weighted by Gasteiger charge is 2.31. The summed E-state index contributed by atoms with van der Waals surface area (Å²) in [5.41, 5.74) is 6.37. The molecular weight excluding hydrogens is 520 g/mol. The first-order valence-electron chi connectivity index (χ1n) is 11.5. The summed E-state index contributed by atoms with van der Waals surface area (Å²) in [6.07, 6.45) is -1.90. The average molecular weight is 545 g/mol. The minimum Gasteiger partial charge on any atom is -0.382 e. The SMILES string of the molecule is CN(C)CCNC(=O)c1cn2ncnc(N)c2c1-c1ccc(NC(=O)Nc2cc(C(F)(F)F)ccc2F)cc1. The smallest absolute Gasteiger partial charge is 0.382 e. The van der Waals surface area contributed by atoms with Gasteiger partial charge in [-0.1, -0.05) is 12.1 Å². The van der Waals surface area contributed by atoms with Crippen molar-refractivity contribution in [3.05, 3.63) is 71.9 Å². The highest BCUT2D eigenvalue weighted by Crippen LogP contribution is 2.34. The molecule has 204 valence electrons. The molecule has 14 heteroatoms. The Labute approximate surface area is 219 Å². The third kappa shape index (κ3) is 6.23. The number of carbonyl (C=O) groups is 2. The summed E-state index contributed by atoms with van der Waals surface area (Å²) < 4.78 is 54.2. The second-order valence-corrected chi connectivity index (χ2v) is 8.76. The maximum Gasteiger partial charge on any atom is 0.416 e. The number of anilines is 3. The zero-order valence-electron chi connectivity index (χ0n) is 20.8. The van der Waals surface area contributed by atoms with Crippen LogP contribution in [-0.2, 0) is 6.18 Å². The van der Waals surface area contributed by atoms with Crippen LogP contribution in [0.3, 0.4) is 0 Å². The number of nitrogen functional groups attached to an aromatic ring is 1. The second-order valence-electron chi connectivity index (χ2n) is 8.76. The molecule has 0 aliphatic rings. The number of carbonyl (C=O) groups excluding carboxylic acids is 2. The number of nitrogens with zero attached hydrogens (tertiary/aromatic N) is 4. The zero-order valence-corrected chi connectivity index (χ0v) is 20.8. The van der Waals surface area contributed by atoms with Crippen LogP contribution in [0.2, 0.25) is 0 Å². The maximum absolute atomic E-state index is 14.0. The van der Waals surface area contributed by atoms with Gasteiger partial charge >= 0.3 is 12.2 Å². The van der Waals surface area contributed by atoms with E-state index in [1.165, 1.54) is 29.2 Å². The third-order valence-corrected chi connectivity index (χ3v) is 5.66. The van der Waals surface area contributed by atoms with Crippen LogP contribution in [0.5, 0.6) is 0 Å². The first-order chi connectivity index (χ1) is 18.4. The molecule has 0 atom stereocenters. The Morgan fingerprint density at radius 1 is 1.08 bits per heavy atom. The highest BCUT2D eigenvalue weighted by atomic mass is 19.4. The van der Waals surface area contributed by atoms with E-state index in [4.69, 9.17) is 5.73 Å². The van der Waals surface area contributed by atoms with Gasteiger partial charge in [0, 0.05) is 30.5 Å². The second kappa shape index (κ2) is 10.9. The van der Waals surface area contributed by atoms with Gasteiger partial charge in [0.2, 0.25) is 0 Å². The first-order valence-corrected chi connectivity index (χ1v) is 11.5. The number of hydrogen-bond donors (Lipinski definition) is 4. The summed E-state index contributed by atoms with van der Waals surface area (Å²) >= 11 is 0. The van der Waals surface area contributed by atoms with Gasteiger partial charge in [0.05, 0.1) is 16.8 Å². The van der Waals surface area contributed by atoms with Gasteiger partial charge in [-0.3, -0.25) is 4.79 Å². The van der Waals surface area contributed by atoms with Gasteiger partial charge < -0.3 is 26.6 Å². The van der Waals surface area contributed by atoms with Crippen molar-refractivity contribution >= 4 is 34.6 Å². The van der Waals surface area contributed by atoms with E-state index in [-0.39, 0.29) is 17.4 Å². The van der Waals surface area contributed by atoms with Crippen molar-refractivity contribution in [2.75, 3.05) is 43.6 Å². The summed E-state index contributed by atoms with van der Waals surface area (Å²) in [4.78, 5) is 31.3. The van der Waals surface area contributed by atoms with Crippen molar-refractivity contribution in [3.63, 3.8) is 0 Å². The Morgan fingerprint density at radius 2 is 1.79 bits per heavy atom. The van der Waals surface area contributed by atoms with Gasteiger partial charge in [-0.05, 0) is 50.0 Å². The van der Waals surface area contributed by atoms with Crippen LogP contribution in [0, 0.1) is 5.82 Å².